The van der Waals surface area contributed by atoms with Crippen LogP contribution in [0, 0.1) is 5.92 Å². The molecule has 0 aromatic heterocycles. The molecule has 0 amide bonds. The largest absolute Gasteiger partial charge is 0.469 e. The molecule has 2 bridgehead atoms. The van der Waals surface area contributed by atoms with Crippen molar-refractivity contribution in [1.82, 2.24) is 4.90 Å². The fourth-order valence-electron chi connectivity index (χ4n) is 4.06. The summed E-state index contributed by atoms with van der Waals surface area (Å²) in [5.41, 5.74) is 0.974. The third-order valence-electron chi connectivity index (χ3n) is 5.13. The van der Waals surface area contributed by atoms with Crippen molar-refractivity contribution in [1.29, 1.82) is 0 Å². The molecule has 0 spiro atoms. The zero-order chi connectivity index (χ0) is 16.0. The number of carbonyl (C=O) groups excluding carboxylic acids is 1. The second-order valence-corrected chi connectivity index (χ2v) is 6.99. The molecule has 2 aliphatic rings. The molecule has 0 aliphatic carbocycles. The van der Waals surface area contributed by atoms with Gasteiger partial charge in [0.05, 0.1) is 29.2 Å². The number of carbonyl (C=O) groups is 1. The van der Waals surface area contributed by atoms with Crippen molar-refractivity contribution in [2.24, 2.45) is 5.92 Å². The van der Waals surface area contributed by atoms with Crippen LogP contribution in [0.2, 0.25) is 10.0 Å². The van der Waals surface area contributed by atoms with E-state index in [4.69, 9.17) is 27.9 Å². The third kappa shape index (κ3) is 2.52. The van der Waals surface area contributed by atoms with Crippen molar-refractivity contribution in [3.05, 3.63) is 33.8 Å². The van der Waals surface area contributed by atoms with Gasteiger partial charge >= 0.3 is 5.97 Å². The van der Waals surface area contributed by atoms with Gasteiger partial charge in [0.1, 0.15) is 0 Å². The zero-order valence-electron chi connectivity index (χ0n) is 12.5. The summed E-state index contributed by atoms with van der Waals surface area (Å²) in [6.07, 6.45) is 0.973. The van der Waals surface area contributed by atoms with E-state index >= 15 is 0 Å². The predicted molar refractivity (Wildman–Crippen MR) is 85.3 cm³/mol. The van der Waals surface area contributed by atoms with Crippen LogP contribution in [0.1, 0.15) is 24.3 Å². The number of esters is 1. The van der Waals surface area contributed by atoms with Crippen LogP contribution in [0.15, 0.2) is 18.2 Å². The van der Waals surface area contributed by atoms with Gasteiger partial charge < -0.3 is 9.84 Å². The van der Waals surface area contributed by atoms with Crippen LogP contribution in [0.3, 0.4) is 0 Å². The monoisotopic (exact) mass is 343 g/mol. The van der Waals surface area contributed by atoms with E-state index in [-0.39, 0.29) is 24.0 Å². The first-order chi connectivity index (χ1) is 10.4. The fourth-order valence-corrected chi connectivity index (χ4v) is 4.36. The van der Waals surface area contributed by atoms with E-state index in [9.17, 15) is 9.90 Å². The molecule has 0 radical (unpaired) electrons. The number of hydrogen-bond acceptors (Lipinski definition) is 4. The van der Waals surface area contributed by atoms with Gasteiger partial charge in [-0.15, -0.1) is 0 Å². The number of piperidine rings is 1. The number of nitrogens with zero attached hydrogens (tertiary/aromatic N) is 1. The fraction of sp³-hybridized carbons (Fsp3) is 0.562. The minimum Gasteiger partial charge on any atom is -0.469 e. The van der Waals surface area contributed by atoms with E-state index < -0.39 is 12.0 Å². The van der Waals surface area contributed by atoms with Crippen molar-refractivity contribution in [3.63, 3.8) is 0 Å². The number of halogens is 2. The Bertz CT molecular complexity index is 595. The van der Waals surface area contributed by atoms with Gasteiger partial charge in [-0.1, -0.05) is 29.3 Å². The minimum absolute atomic E-state index is 0.0226. The Kier molecular flexibility index (Phi) is 4.38. The number of ether oxygens (including phenoxy) is 1. The van der Waals surface area contributed by atoms with Gasteiger partial charge in [-0.3, -0.25) is 9.69 Å². The molecular formula is C16H19Cl2NO3. The minimum atomic E-state index is -0.508. The first-order valence-electron chi connectivity index (χ1n) is 7.36. The van der Waals surface area contributed by atoms with Crippen LogP contribution in [-0.4, -0.2) is 48.3 Å². The second kappa shape index (κ2) is 6.00. The lowest BCUT2D eigenvalue weighted by atomic mass is 9.76. The molecule has 1 aromatic carbocycles. The van der Waals surface area contributed by atoms with Gasteiger partial charge in [0, 0.05) is 18.0 Å². The van der Waals surface area contributed by atoms with Crippen molar-refractivity contribution in [2.45, 2.75) is 36.9 Å². The molecule has 2 heterocycles. The maximum absolute atomic E-state index is 12.4. The van der Waals surface area contributed by atoms with Crippen molar-refractivity contribution < 1.29 is 14.6 Å². The number of hydrogen-bond donors (Lipinski definition) is 1. The van der Waals surface area contributed by atoms with Crippen LogP contribution >= 0.6 is 23.2 Å². The van der Waals surface area contributed by atoms with Gasteiger partial charge in [-0.05, 0) is 37.6 Å². The van der Waals surface area contributed by atoms with Crippen molar-refractivity contribution in [2.75, 3.05) is 14.2 Å². The molecule has 5 atom stereocenters. The maximum Gasteiger partial charge on any atom is 0.310 e. The highest BCUT2D eigenvalue weighted by molar-refractivity contribution is 6.42. The molecule has 2 unspecified atom stereocenters. The molecule has 6 heteroatoms. The van der Waals surface area contributed by atoms with Gasteiger partial charge in [0.2, 0.25) is 0 Å². The quantitative estimate of drug-likeness (QED) is 0.838. The Hall–Kier alpha value is -0.810. The van der Waals surface area contributed by atoms with Gasteiger partial charge in [0.15, 0.2) is 0 Å². The van der Waals surface area contributed by atoms with Gasteiger partial charge in [-0.2, -0.15) is 0 Å². The van der Waals surface area contributed by atoms with Gasteiger partial charge in [-0.25, -0.2) is 0 Å². The third-order valence-corrected chi connectivity index (χ3v) is 5.87. The molecule has 2 fully saturated rings. The highest BCUT2D eigenvalue weighted by Crippen LogP contribution is 2.47. The number of likely N-dealkylation sites (N-methyl/N-ethyl adjacent to an activating group) is 1. The Balaban J connectivity index is 2.01. The molecule has 3 rings (SSSR count). The van der Waals surface area contributed by atoms with E-state index in [1.165, 1.54) is 7.11 Å². The maximum atomic E-state index is 12.4. The van der Waals surface area contributed by atoms with E-state index in [1.807, 2.05) is 19.2 Å². The first-order valence-corrected chi connectivity index (χ1v) is 8.12. The highest BCUT2D eigenvalue weighted by Gasteiger charge is 2.53. The molecule has 2 saturated heterocycles. The molecule has 4 nitrogen and oxygen atoms in total. The number of benzene rings is 1. The van der Waals surface area contributed by atoms with E-state index in [2.05, 4.69) is 4.90 Å². The summed E-state index contributed by atoms with van der Waals surface area (Å²) >= 11 is 12.1. The first kappa shape index (κ1) is 16.1. The summed E-state index contributed by atoms with van der Waals surface area (Å²) in [7, 11) is 3.36. The topological polar surface area (TPSA) is 49.8 Å². The SMILES string of the molecule is COC(=O)[C@@H]1C2[C@H](O)CC(C[C@H]1c1ccc(Cl)c(Cl)c1)N2C. The van der Waals surface area contributed by atoms with Crippen LogP contribution in [-0.2, 0) is 9.53 Å². The number of methoxy groups -OCH3 is 1. The average Bonchev–Trinajstić information content (AvgIpc) is 2.68. The summed E-state index contributed by atoms with van der Waals surface area (Å²) in [4.78, 5) is 14.5. The average molecular weight is 344 g/mol. The number of aliphatic hydroxyl groups excluding tert-OH is 1. The second-order valence-electron chi connectivity index (χ2n) is 6.18. The number of fused-ring (bicyclic) bond motifs is 2. The summed E-state index contributed by atoms with van der Waals surface area (Å²) in [5, 5.41) is 11.3. The Morgan fingerprint density at radius 2 is 2.05 bits per heavy atom. The Morgan fingerprint density at radius 3 is 2.68 bits per heavy atom. The van der Waals surface area contributed by atoms with E-state index in [0.717, 1.165) is 12.0 Å². The van der Waals surface area contributed by atoms with Crippen LogP contribution < -0.4 is 0 Å². The zero-order valence-corrected chi connectivity index (χ0v) is 14.0. The molecular weight excluding hydrogens is 325 g/mol. The van der Waals surface area contributed by atoms with Crippen LogP contribution in [0.5, 0.6) is 0 Å². The summed E-state index contributed by atoms with van der Waals surface area (Å²) < 4.78 is 5.01. The lowest BCUT2D eigenvalue weighted by Crippen LogP contribution is -2.51. The summed E-state index contributed by atoms with van der Waals surface area (Å²) in [6.45, 7) is 0. The Labute approximate surface area is 140 Å². The van der Waals surface area contributed by atoms with Crippen LogP contribution in [0.25, 0.3) is 0 Å². The van der Waals surface area contributed by atoms with Crippen LogP contribution in [0.4, 0.5) is 0 Å². The van der Waals surface area contributed by atoms with Crippen molar-refractivity contribution >= 4 is 29.2 Å². The lowest BCUT2D eigenvalue weighted by Gasteiger charge is -2.42. The number of rotatable bonds is 2. The Morgan fingerprint density at radius 1 is 1.32 bits per heavy atom. The molecule has 1 aromatic rings. The highest BCUT2D eigenvalue weighted by atomic mass is 35.5. The molecule has 1 N–H and O–H groups in total. The standard InChI is InChI=1S/C16H19Cl2NO3/c1-19-9-6-10(8-3-4-11(17)12(18)5-8)14(16(21)22-2)15(19)13(20)7-9/h3-5,9-10,13-15,20H,6-7H2,1-2H3/t9?,10-,13+,14-,15?/m0/s1. The van der Waals surface area contributed by atoms with Crippen molar-refractivity contribution in [3.8, 4) is 0 Å². The molecule has 22 heavy (non-hydrogen) atoms. The predicted octanol–water partition coefficient (Wildman–Crippen LogP) is 2.70. The lowest BCUT2D eigenvalue weighted by molar-refractivity contribution is -0.151. The smallest absolute Gasteiger partial charge is 0.310 e. The number of aliphatic hydroxyl groups is 1. The van der Waals surface area contributed by atoms with E-state index in [1.54, 1.807) is 6.07 Å². The molecule has 2 aliphatic heterocycles. The van der Waals surface area contributed by atoms with E-state index in [0.29, 0.717) is 16.5 Å². The van der Waals surface area contributed by atoms with Gasteiger partial charge in [0.25, 0.3) is 0 Å². The normalized spacial score (nSPS) is 34.7. The summed E-state index contributed by atoms with van der Waals surface area (Å²) in [6, 6.07) is 5.53. The summed E-state index contributed by atoms with van der Waals surface area (Å²) in [5.74, 6) is -0.709. The molecule has 120 valence electrons. The molecule has 0 saturated carbocycles.